The van der Waals surface area contributed by atoms with E-state index in [2.05, 4.69) is 19.8 Å². The van der Waals surface area contributed by atoms with E-state index < -0.39 is 12.1 Å². The number of nitrogens with zero attached hydrogens (tertiary/aromatic N) is 2. The van der Waals surface area contributed by atoms with Gasteiger partial charge in [0.25, 0.3) is 0 Å². The number of anilines is 2. The lowest BCUT2D eigenvalue weighted by Crippen LogP contribution is -2.54. The first-order valence-electron chi connectivity index (χ1n) is 10.1. The maximum atomic E-state index is 13.3. The molecule has 11 heteroatoms. The number of amides is 1. The highest BCUT2D eigenvalue weighted by atomic mass is 19.3. The first kappa shape index (κ1) is 20.2. The van der Waals surface area contributed by atoms with E-state index in [1.165, 1.54) is 12.1 Å². The van der Waals surface area contributed by atoms with Crippen LogP contribution < -0.4 is 25.4 Å². The highest BCUT2D eigenvalue weighted by Crippen LogP contribution is 2.43. The minimum atomic E-state index is -3.65. The normalized spacial score (nSPS) is 19.4. The molecular weight excluding hydrogens is 426 g/mol. The average Bonchev–Trinajstić information content (AvgIpc) is 3.27. The summed E-state index contributed by atoms with van der Waals surface area (Å²) in [6.45, 7) is 3.57. The minimum Gasteiger partial charge on any atom is -0.408 e. The highest BCUT2D eigenvalue weighted by Gasteiger charge is 2.43. The standard InChI is InChI=1S/C21H20F2N4O5/c1-12-11-26(19(28)10-24-13-2-4-15-17(8-13)30-20(29)25-15)6-7-27(12)14-3-5-16-18(9-14)32-21(22,23)31-16/h2-5,8-9,12,24H,6-7,10-11H2,1H3,(H,25,29)/t12-/m1/s1. The van der Waals surface area contributed by atoms with Crippen LogP contribution in [0, 0.1) is 0 Å². The first-order valence-corrected chi connectivity index (χ1v) is 10.1. The number of alkyl halides is 2. The number of carbonyl (C=O) groups excluding carboxylic acids is 1. The van der Waals surface area contributed by atoms with Crippen LogP contribution in [0.2, 0.25) is 0 Å². The molecule has 168 valence electrons. The first-order chi connectivity index (χ1) is 15.3. The third kappa shape index (κ3) is 3.81. The second-order valence-corrected chi connectivity index (χ2v) is 7.76. The van der Waals surface area contributed by atoms with Crippen molar-refractivity contribution < 1.29 is 27.5 Å². The molecule has 9 nitrogen and oxygen atoms in total. The number of halogens is 2. The number of benzene rings is 2. The molecule has 5 rings (SSSR count). The van der Waals surface area contributed by atoms with Gasteiger partial charge in [0, 0.05) is 49.2 Å². The predicted octanol–water partition coefficient (Wildman–Crippen LogP) is 2.59. The van der Waals surface area contributed by atoms with Crippen LogP contribution in [-0.4, -0.2) is 54.3 Å². The molecule has 1 saturated heterocycles. The average molecular weight is 446 g/mol. The number of fused-ring (bicyclic) bond motifs is 2. The summed E-state index contributed by atoms with van der Waals surface area (Å²) in [5, 5.41) is 3.05. The van der Waals surface area contributed by atoms with E-state index in [1.54, 1.807) is 29.2 Å². The number of rotatable bonds is 4. The van der Waals surface area contributed by atoms with Gasteiger partial charge in [-0.3, -0.25) is 9.78 Å². The summed E-state index contributed by atoms with van der Waals surface area (Å²) >= 11 is 0. The second kappa shape index (κ2) is 7.43. The number of oxazole rings is 1. The molecule has 2 aliphatic heterocycles. The second-order valence-electron chi connectivity index (χ2n) is 7.76. The van der Waals surface area contributed by atoms with Crippen molar-refractivity contribution in [3.63, 3.8) is 0 Å². The molecule has 0 spiro atoms. The van der Waals surface area contributed by atoms with Gasteiger partial charge >= 0.3 is 12.1 Å². The lowest BCUT2D eigenvalue weighted by atomic mass is 10.1. The molecule has 3 heterocycles. The molecule has 2 N–H and O–H groups in total. The van der Waals surface area contributed by atoms with Gasteiger partial charge in [-0.1, -0.05) is 0 Å². The zero-order chi connectivity index (χ0) is 22.5. The Labute approximate surface area is 180 Å². The Bertz CT molecular complexity index is 1240. The van der Waals surface area contributed by atoms with Crippen LogP contribution in [0.4, 0.5) is 20.2 Å². The minimum absolute atomic E-state index is 0.00219. The number of carbonyl (C=O) groups is 1. The van der Waals surface area contributed by atoms with Crippen molar-refractivity contribution in [3.05, 3.63) is 46.9 Å². The number of aromatic amines is 1. The summed E-state index contributed by atoms with van der Waals surface area (Å²) in [6, 6.07) is 9.78. The van der Waals surface area contributed by atoms with Crippen molar-refractivity contribution in [2.24, 2.45) is 0 Å². The van der Waals surface area contributed by atoms with E-state index >= 15 is 0 Å². The van der Waals surface area contributed by atoms with Crippen LogP contribution in [0.3, 0.4) is 0 Å². The van der Waals surface area contributed by atoms with Gasteiger partial charge in [0.1, 0.15) is 0 Å². The number of H-pyrrole nitrogens is 1. The fourth-order valence-electron chi connectivity index (χ4n) is 4.03. The summed E-state index contributed by atoms with van der Waals surface area (Å²) in [5.74, 6) is -0.602. The van der Waals surface area contributed by atoms with E-state index in [9.17, 15) is 18.4 Å². The zero-order valence-electron chi connectivity index (χ0n) is 17.1. The van der Waals surface area contributed by atoms with Crippen molar-refractivity contribution in [2.45, 2.75) is 19.3 Å². The van der Waals surface area contributed by atoms with E-state index in [4.69, 9.17) is 4.42 Å². The molecule has 1 amide bonds. The Balaban J connectivity index is 1.19. The van der Waals surface area contributed by atoms with Crippen LogP contribution in [-0.2, 0) is 4.79 Å². The Kier molecular flexibility index (Phi) is 4.68. The van der Waals surface area contributed by atoms with Gasteiger partial charge < -0.3 is 29.0 Å². The monoisotopic (exact) mass is 446 g/mol. The molecule has 1 fully saturated rings. The smallest absolute Gasteiger partial charge is 0.408 e. The third-order valence-electron chi connectivity index (χ3n) is 5.56. The lowest BCUT2D eigenvalue weighted by Gasteiger charge is -2.41. The number of ether oxygens (including phenoxy) is 2. The van der Waals surface area contributed by atoms with Gasteiger partial charge in [0.2, 0.25) is 5.91 Å². The topological polar surface area (TPSA) is 100 Å². The molecule has 1 atom stereocenters. The molecule has 0 aliphatic carbocycles. The van der Waals surface area contributed by atoms with Crippen LogP contribution >= 0.6 is 0 Å². The van der Waals surface area contributed by atoms with Crippen molar-refractivity contribution in [3.8, 4) is 11.5 Å². The molecular formula is C21H20F2N4O5. The van der Waals surface area contributed by atoms with E-state index in [0.717, 1.165) is 5.69 Å². The van der Waals surface area contributed by atoms with E-state index in [-0.39, 0.29) is 30.0 Å². The van der Waals surface area contributed by atoms with Crippen LogP contribution in [0.5, 0.6) is 11.5 Å². The Hall–Kier alpha value is -3.76. The molecule has 2 aliphatic rings. The van der Waals surface area contributed by atoms with Crippen molar-refractivity contribution in [2.75, 3.05) is 36.4 Å². The van der Waals surface area contributed by atoms with Gasteiger partial charge in [-0.2, -0.15) is 0 Å². The molecule has 0 radical (unpaired) electrons. The largest absolute Gasteiger partial charge is 0.586 e. The zero-order valence-corrected chi connectivity index (χ0v) is 17.1. The van der Waals surface area contributed by atoms with Crippen LogP contribution in [0.1, 0.15) is 6.92 Å². The van der Waals surface area contributed by atoms with Gasteiger partial charge in [0.15, 0.2) is 17.1 Å². The van der Waals surface area contributed by atoms with Gasteiger partial charge in [0.05, 0.1) is 12.1 Å². The number of hydrogen-bond donors (Lipinski definition) is 2. The maximum Gasteiger partial charge on any atom is 0.586 e. The summed E-state index contributed by atoms with van der Waals surface area (Å²) in [7, 11) is 0. The Morgan fingerprint density at radius 3 is 2.81 bits per heavy atom. The van der Waals surface area contributed by atoms with E-state index in [1.807, 2.05) is 11.8 Å². The van der Waals surface area contributed by atoms with Crippen molar-refractivity contribution in [1.82, 2.24) is 9.88 Å². The molecule has 0 bridgehead atoms. The fraction of sp³-hybridized carbons (Fsp3) is 0.333. The van der Waals surface area contributed by atoms with Crippen LogP contribution in [0.25, 0.3) is 11.1 Å². The molecule has 32 heavy (non-hydrogen) atoms. The molecule has 2 aromatic carbocycles. The SMILES string of the molecule is C[C@@H]1CN(C(=O)CNc2ccc3[nH]c(=O)oc3c2)CCN1c1ccc2c(c1)OC(F)(F)O2. The number of piperazine rings is 1. The molecule has 1 aromatic heterocycles. The Morgan fingerprint density at radius 1 is 1.19 bits per heavy atom. The van der Waals surface area contributed by atoms with Crippen LogP contribution in [0.15, 0.2) is 45.6 Å². The fourth-order valence-corrected chi connectivity index (χ4v) is 4.03. The molecule has 3 aromatic rings. The molecule has 0 saturated carbocycles. The summed E-state index contributed by atoms with van der Waals surface area (Å²) < 4.78 is 40.6. The van der Waals surface area contributed by atoms with Crippen molar-refractivity contribution in [1.29, 1.82) is 0 Å². The number of hydrogen-bond acceptors (Lipinski definition) is 7. The lowest BCUT2D eigenvalue weighted by molar-refractivity contribution is -0.286. The van der Waals surface area contributed by atoms with Crippen molar-refractivity contribution >= 4 is 28.4 Å². The highest BCUT2D eigenvalue weighted by molar-refractivity contribution is 5.83. The van der Waals surface area contributed by atoms with Gasteiger partial charge in [-0.25, -0.2) is 4.79 Å². The van der Waals surface area contributed by atoms with Gasteiger partial charge in [-0.05, 0) is 31.2 Å². The predicted molar refractivity (Wildman–Crippen MR) is 111 cm³/mol. The number of aromatic nitrogens is 1. The summed E-state index contributed by atoms with van der Waals surface area (Å²) in [6.07, 6.45) is -3.65. The molecule has 0 unspecified atom stereocenters. The van der Waals surface area contributed by atoms with Gasteiger partial charge in [-0.15, -0.1) is 8.78 Å². The third-order valence-corrected chi connectivity index (χ3v) is 5.56. The quantitative estimate of drug-likeness (QED) is 0.636. The summed E-state index contributed by atoms with van der Waals surface area (Å²) in [5.41, 5.74) is 2.39. The maximum absolute atomic E-state index is 13.3. The Morgan fingerprint density at radius 2 is 2.00 bits per heavy atom. The van der Waals surface area contributed by atoms with E-state index in [0.29, 0.717) is 36.4 Å². The number of nitrogens with one attached hydrogen (secondary N) is 2. The summed E-state index contributed by atoms with van der Waals surface area (Å²) in [4.78, 5) is 30.3.